The number of benzene rings is 1. The molecule has 8 nitrogen and oxygen atoms in total. The highest BCUT2D eigenvalue weighted by Gasteiger charge is 2.16. The lowest BCUT2D eigenvalue weighted by atomic mass is 10.3. The summed E-state index contributed by atoms with van der Waals surface area (Å²) in [5.74, 6) is 6.47. The first-order valence-corrected chi connectivity index (χ1v) is 9.14. The molecule has 3 rings (SSSR count). The summed E-state index contributed by atoms with van der Waals surface area (Å²) in [5, 5.41) is 15.7. The van der Waals surface area contributed by atoms with Gasteiger partial charge < -0.3 is 11.2 Å². The first-order chi connectivity index (χ1) is 11.9. The van der Waals surface area contributed by atoms with E-state index in [2.05, 4.69) is 36.5 Å². The quantitative estimate of drug-likeness (QED) is 0.483. The number of rotatable bonds is 5. The Kier molecular flexibility index (Phi) is 5.09. The van der Waals surface area contributed by atoms with E-state index in [-0.39, 0.29) is 11.7 Å². The molecule has 0 unspecified atom stereocenters. The van der Waals surface area contributed by atoms with E-state index in [0.29, 0.717) is 11.1 Å². The van der Waals surface area contributed by atoms with Crippen LogP contribution in [-0.2, 0) is 4.79 Å². The smallest absolute Gasteiger partial charge is 0.271 e. The molecule has 3 N–H and O–H groups in total. The van der Waals surface area contributed by atoms with Crippen LogP contribution in [0.15, 0.2) is 40.0 Å². The lowest BCUT2D eigenvalue weighted by Crippen LogP contribution is -2.18. The topological polar surface area (TPSA) is 104 Å². The summed E-state index contributed by atoms with van der Waals surface area (Å²) in [6.45, 7) is 3.80. The summed E-state index contributed by atoms with van der Waals surface area (Å²) >= 11 is 4.56. The summed E-state index contributed by atoms with van der Waals surface area (Å²) in [7, 11) is 0. The zero-order valence-electron chi connectivity index (χ0n) is 13.6. The number of hydrogen-bond donors (Lipinski definition) is 2. The van der Waals surface area contributed by atoms with E-state index in [0.717, 1.165) is 21.5 Å². The van der Waals surface area contributed by atoms with Crippen molar-refractivity contribution in [1.82, 2.24) is 24.7 Å². The van der Waals surface area contributed by atoms with Gasteiger partial charge in [-0.3, -0.25) is 4.79 Å². The molecule has 0 aliphatic heterocycles. The predicted molar refractivity (Wildman–Crippen MR) is 100 cm³/mol. The van der Waals surface area contributed by atoms with Crippen LogP contribution < -0.4 is 11.2 Å². The number of aryl methyl sites for hydroxylation is 2. The maximum Gasteiger partial charge on any atom is 0.271 e. The fraction of sp³-hybridized carbons (Fsp3) is 0.200. The van der Waals surface area contributed by atoms with Gasteiger partial charge in [-0.15, -0.1) is 10.2 Å². The van der Waals surface area contributed by atoms with Crippen molar-refractivity contribution in [3.8, 4) is 5.95 Å². The van der Waals surface area contributed by atoms with Gasteiger partial charge in [-0.2, -0.15) is 5.10 Å². The zero-order chi connectivity index (χ0) is 18.0. The third-order valence-corrected chi connectivity index (χ3v) is 4.78. The van der Waals surface area contributed by atoms with Crippen molar-refractivity contribution in [2.45, 2.75) is 19.0 Å². The average Bonchev–Trinajstić information content (AvgIpc) is 3.09. The maximum absolute atomic E-state index is 12.1. The number of aromatic nitrogens is 5. The lowest BCUT2D eigenvalue weighted by Gasteiger charge is -2.06. The number of amides is 1. The Morgan fingerprint density at radius 1 is 1.28 bits per heavy atom. The van der Waals surface area contributed by atoms with Gasteiger partial charge in [0.25, 0.3) is 5.95 Å². The Balaban J connectivity index is 1.65. The Hall–Kier alpha value is -2.33. The molecule has 1 amide bonds. The van der Waals surface area contributed by atoms with Crippen LogP contribution >= 0.6 is 27.7 Å². The molecular formula is C15H16BrN7OS. The highest BCUT2D eigenvalue weighted by atomic mass is 79.9. The van der Waals surface area contributed by atoms with E-state index < -0.39 is 0 Å². The van der Waals surface area contributed by atoms with E-state index >= 15 is 0 Å². The number of thioether (sulfide) groups is 1. The zero-order valence-corrected chi connectivity index (χ0v) is 16.0. The van der Waals surface area contributed by atoms with Crippen LogP contribution in [0.4, 0.5) is 5.69 Å². The average molecular weight is 422 g/mol. The molecule has 25 heavy (non-hydrogen) atoms. The van der Waals surface area contributed by atoms with Crippen molar-refractivity contribution in [3.05, 3.63) is 46.2 Å². The molecule has 2 aromatic heterocycles. The highest BCUT2D eigenvalue weighted by molar-refractivity contribution is 9.10. The lowest BCUT2D eigenvalue weighted by molar-refractivity contribution is -0.113. The first-order valence-electron chi connectivity index (χ1n) is 7.36. The van der Waals surface area contributed by atoms with Gasteiger partial charge >= 0.3 is 0 Å². The molecule has 1 aromatic carbocycles. The van der Waals surface area contributed by atoms with Crippen molar-refractivity contribution in [3.63, 3.8) is 0 Å². The Labute approximate surface area is 156 Å². The van der Waals surface area contributed by atoms with Gasteiger partial charge in [0, 0.05) is 15.9 Å². The van der Waals surface area contributed by atoms with Crippen molar-refractivity contribution >= 4 is 39.3 Å². The van der Waals surface area contributed by atoms with Crippen LogP contribution in [-0.4, -0.2) is 36.3 Å². The van der Waals surface area contributed by atoms with Gasteiger partial charge in [0.1, 0.15) is 0 Å². The highest BCUT2D eigenvalue weighted by Crippen LogP contribution is 2.19. The second-order valence-electron chi connectivity index (χ2n) is 5.34. The molecule has 0 radical (unpaired) electrons. The second kappa shape index (κ2) is 7.28. The van der Waals surface area contributed by atoms with Gasteiger partial charge in [-0.05, 0) is 44.2 Å². The van der Waals surface area contributed by atoms with Gasteiger partial charge in [-0.25, -0.2) is 9.36 Å². The SMILES string of the molecule is Cc1cc(C)n(-c2nnc(SCC(=O)Nc3ccc(Br)cc3)n2N)n1. The molecule has 3 aromatic rings. The van der Waals surface area contributed by atoms with Gasteiger partial charge in [0.05, 0.1) is 11.4 Å². The van der Waals surface area contributed by atoms with Crippen LogP contribution in [0, 0.1) is 13.8 Å². The monoisotopic (exact) mass is 421 g/mol. The molecule has 130 valence electrons. The molecule has 0 saturated carbocycles. The van der Waals surface area contributed by atoms with E-state index in [9.17, 15) is 4.79 Å². The summed E-state index contributed by atoms with van der Waals surface area (Å²) < 4.78 is 3.90. The van der Waals surface area contributed by atoms with Gasteiger partial charge in [0.2, 0.25) is 11.1 Å². The Bertz CT molecular complexity index is 903. The fourth-order valence-corrected chi connectivity index (χ4v) is 3.12. The number of nitrogens with zero attached hydrogens (tertiary/aromatic N) is 5. The standard InChI is InChI=1S/C15H16BrN7OS/c1-9-7-10(2)23(21-9)14-19-20-15(22(14)17)25-8-13(24)18-12-5-3-11(16)4-6-12/h3-7H,8,17H2,1-2H3,(H,18,24). The molecular weight excluding hydrogens is 406 g/mol. The van der Waals surface area contributed by atoms with Crippen LogP contribution in [0.3, 0.4) is 0 Å². The van der Waals surface area contributed by atoms with Crippen molar-refractivity contribution in [1.29, 1.82) is 0 Å². The minimum atomic E-state index is -0.150. The third-order valence-electron chi connectivity index (χ3n) is 3.31. The molecule has 0 atom stereocenters. The molecule has 0 bridgehead atoms. The number of nitrogens with one attached hydrogen (secondary N) is 1. The maximum atomic E-state index is 12.1. The fourth-order valence-electron chi connectivity index (χ4n) is 2.20. The van der Waals surface area contributed by atoms with Crippen molar-refractivity contribution in [2.75, 3.05) is 16.9 Å². The Morgan fingerprint density at radius 3 is 2.64 bits per heavy atom. The summed E-state index contributed by atoms with van der Waals surface area (Å²) in [4.78, 5) is 12.1. The van der Waals surface area contributed by atoms with Gasteiger partial charge in [-0.1, -0.05) is 27.7 Å². The summed E-state index contributed by atoms with van der Waals surface area (Å²) in [5.41, 5.74) is 2.50. The first kappa shape index (κ1) is 17.5. The van der Waals surface area contributed by atoms with E-state index in [1.807, 2.05) is 44.2 Å². The molecule has 0 spiro atoms. The molecule has 0 saturated heterocycles. The van der Waals surface area contributed by atoms with Crippen molar-refractivity contribution < 1.29 is 4.79 Å². The number of nitrogen functional groups attached to an aromatic ring is 1. The van der Waals surface area contributed by atoms with E-state index in [1.54, 1.807) is 4.68 Å². The molecule has 0 aliphatic rings. The van der Waals surface area contributed by atoms with Crippen LogP contribution in [0.2, 0.25) is 0 Å². The summed E-state index contributed by atoms with van der Waals surface area (Å²) in [6, 6.07) is 9.28. The number of carbonyl (C=O) groups excluding carboxylic acids is 1. The molecule has 10 heteroatoms. The minimum absolute atomic E-state index is 0.150. The number of halogens is 1. The predicted octanol–water partition coefficient (Wildman–Crippen LogP) is 2.29. The normalized spacial score (nSPS) is 10.8. The molecule has 0 fully saturated rings. The molecule has 2 heterocycles. The van der Waals surface area contributed by atoms with Crippen LogP contribution in [0.1, 0.15) is 11.4 Å². The van der Waals surface area contributed by atoms with Crippen molar-refractivity contribution in [2.24, 2.45) is 0 Å². The van der Waals surface area contributed by atoms with Crippen LogP contribution in [0.25, 0.3) is 5.95 Å². The number of nitrogens with two attached hydrogens (primary N) is 1. The van der Waals surface area contributed by atoms with E-state index in [1.165, 1.54) is 16.4 Å². The van der Waals surface area contributed by atoms with Gasteiger partial charge in [0.15, 0.2) is 0 Å². The number of hydrogen-bond acceptors (Lipinski definition) is 6. The molecule has 0 aliphatic carbocycles. The minimum Gasteiger partial charge on any atom is -0.334 e. The Morgan fingerprint density at radius 2 is 2.00 bits per heavy atom. The second-order valence-corrected chi connectivity index (χ2v) is 7.19. The summed E-state index contributed by atoms with van der Waals surface area (Å²) in [6.07, 6.45) is 0. The third kappa shape index (κ3) is 4.02. The largest absolute Gasteiger partial charge is 0.334 e. The van der Waals surface area contributed by atoms with Crippen LogP contribution in [0.5, 0.6) is 0 Å². The van der Waals surface area contributed by atoms with E-state index in [4.69, 9.17) is 5.84 Å². The number of anilines is 1. The number of carbonyl (C=O) groups is 1.